The predicted molar refractivity (Wildman–Crippen MR) is 105 cm³/mol. The molecule has 3 aliphatic rings. The molecule has 0 radical (unpaired) electrons. The molecule has 3 unspecified atom stereocenters. The molecule has 0 aromatic heterocycles. The van der Waals surface area contributed by atoms with Gasteiger partial charge < -0.3 is 10.2 Å². The van der Waals surface area contributed by atoms with E-state index in [4.69, 9.17) is 4.99 Å². The number of rotatable bonds is 3. The van der Waals surface area contributed by atoms with Crippen molar-refractivity contribution in [3.8, 4) is 0 Å². The molecule has 1 saturated carbocycles. The van der Waals surface area contributed by atoms with E-state index in [1.165, 1.54) is 17.5 Å². The summed E-state index contributed by atoms with van der Waals surface area (Å²) in [5.41, 5.74) is 3.03. The molecule has 26 heavy (non-hydrogen) atoms. The van der Waals surface area contributed by atoms with Crippen LogP contribution in [0.2, 0.25) is 0 Å². The third kappa shape index (κ3) is 2.92. The molecule has 1 aromatic rings. The van der Waals surface area contributed by atoms with Crippen molar-refractivity contribution >= 4 is 15.8 Å². The third-order valence-corrected chi connectivity index (χ3v) is 8.86. The summed E-state index contributed by atoms with van der Waals surface area (Å²) in [6.07, 6.45) is 1.19. The molecular weight excluding hydrogens is 346 g/mol. The Hall–Kier alpha value is -1.56. The van der Waals surface area contributed by atoms with Crippen molar-refractivity contribution in [3.63, 3.8) is 0 Å². The van der Waals surface area contributed by atoms with Crippen LogP contribution in [0.25, 0.3) is 0 Å². The molecule has 0 amide bonds. The van der Waals surface area contributed by atoms with Crippen molar-refractivity contribution in [2.75, 3.05) is 31.9 Å². The summed E-state index contributed by atoms with van der Waals surface area (Å²) < 4.78 is 23.8. The van der Waals surface area contributed by atoms with Crippen LogP contribution in [0.4, 0.5) is 0 Å². The van der Waals surface area contributed by atoms with Crippen molar-refractivity contribution in [2.45, 2.75) is 37.9 Å². The highest BCUT2D eigenvalue weighted by Crippen LogP contribution is 2.61. The van der Waals surface area contributed by atoms with Crippen molar-refractivity contribution < 1.29 is 8.42 Å². The molecule has 142 valence electrons. The van der Waals surface area contributed by atoms with Gasteiger partial charge in [-0.05, 0) is 56.1 Å². The second-order valence-electron chi connectivity index (χ2n) is 8.45. The van der Waals surface area contributed by atoms with Crippen LogP contribution in [0, 0.1) is 11.8 Å². The van der Waals surface area contributed by atoms with E-state index in [2.05, 4.69) is 41.4 Å². The van der Waals surface area contributed by atoms with E-state index in [0.29, 0.717) is 24.9 Å². The molecule has 6 heteroatoms. The zero-order valence-electron chi connectivity index (χ0n) is 15.9. The molecule has 2 aliphatic carbocycles. The van der Waals surface area contributed by atoms with Crippen molar-refractivity contribution in [1.29, 1.82) is 0 Å². The van der Waals surface area contributed by atoms with Crippen LogP contribution in [-0.4, -0.2) is 56.0 Å². The van der Waals surface area contributed by atoms with E-state index in [1.807, 2.05) is 13.8 Å². The van der Waals surface area contributed by atoms with E-state index in [1.54, 1.807) is 0 Å². The van der Waals surface area contributed by atoms with Crippen LogP contribution in [0.15, 0.2) is 29.3 Å². The summed E-state index contributed by atoms with van der Waals surface area (Å²) >= 11 is 0. The molecule has 0 bridgehead atoms. The van der Waals surface area contributed by atoms with Gasteiger partial charge in [-0.2, -0.15) is 0 Å². The minimum absolute atomic E-state index is 0.201. The summed E-state index contributed by atoms with van der Waals surface area (Å²) in [6.45, 7) is 8.35. The van der Waals surface area contributed by atoms with Gasteiger partial charge in [0, 0.05) is 26.2 Å². The smallest absolute Gasteiger partial charge is 0.194 e. The fourth-order valence-corrected chi connectivity index (χ4v) is 6.04. The Kier molecular flexibility index (Phi) is 4.29. The lowest BCUT2D eigenvalue weighted by molar-refractivity contribution is 0.353. The Morgan fingerprint density at radius 2 is 2.12 bits per heavy atom. The van der Waals surface area contributed by atoms with Gasteiger partial charge in [0.05, 0.1) is 10.5 Å². The maximum Gasteiger partial charge on any atom is 0.194 e. The van der Waals surface area contributed by atoms with Gasteiger partial charge in [-0.1, -0.05) is 24.3 Å². The van der Waals surface area contributed by atoms with Crippen molar-refractivity contribution in [2.24, 2.45) is 16.8 Å². The summed E-state index contributed by atoms with van der Waals surface area (Å²) in [5, 5.41) is 3.37. The third-order valence-electron chi connectivity index (χ3n) is 6.33. The lowest BCUT2D eigenvalue weighted by atomic mass is 10.0. The van der Waals surface area contributed by atoms with E-state index in [0.717, 1.165) is 25.0 Å². The molecule has 2 fully saturated rings. The number of nitrogens with one attached hydrogen (secondary N) is 1. The predicted octanol–water partition coefficient (Wildman–Crippen LogP) is 2.05. The Labute approximate surface area is 156 Å². The molecule has 1 aromatic carbocycles. The van der Waals surface area contributed by atoms with E-state index in [-0.39, 0.29) is 5.75 Å². The fourth-order valence-electron chi connectivity index (χ4n) is 4.67. The summed E-state index contributed by atoms with van der Waals surface area (Å²) in [4.78, 5) is 7.03. The maximum absolute atomic E-state index is 12.3. The number of sulfone groups is 1. The Morgan fingerprint density at radius 3 is 2.85 bits per heavy atom. The Bertz CT molecular complexity index is 831. The first kappa shape index (κ1) is 17.8. The van der Waals surface area contributed by atoms with Crippen LogP contribution in [0.5, 0.6) is 0 Å². The van der Waals surface area contributed by atoms with E-state index >= 15 is 0 Å². The topological polar surface area (TPSA) is 61.8 Å². The summed E-state index contributed by atoms with van der Waals surface area (Å²) in [7, 11) is -3.03. The summed E-state index contributed by atoms with van der Waals surface area (Å²) in [5.74, 6) is 3.13. The average Bonchev–Trinajstić information content (AvgIpc) is 3.12. The second kappa shape index (κ2) is 6.25. The lowest BCUT2D eigenvalue weighted by Crippen LogP contribution is -2.57. The van der Waals surface area contributed by atoms with E-state index in [9.17, 15) is 8.42 Å². The van der Waals surface area contributed by atoms with Crippen LogP contribution >= 0.6 is 0 Å². The number of hydrogen-bond donors (Lipinski definition) is 1. The van der Waals surface area contributed by atoms with Gasteiger partial charge in [-0.3, -0.25) is 4.99 Å². The number of hydrogen-bond acceptors (Lipinski definition) is 3. The first-order chi connectivity index (χ1) is 12.3. The van der Waals surface area contributed by atoms with Gasteiger partial charge in [0.15, 0.2) is 15.8 Å². The molecule has 5 nitrogen and oxygen atoms in total. The second-order valence-corrected chi connectivity index (χ2v) is 11.2. The minimum Gasteiger partial charge on any atom is -0.357 e. The molecule has 3 atom stereocenters. The normalized spacial score (nSPS) is 31.3. The monoisotopic (exact) mass is 375 g/mol. The Morgan fingerprint density at radius 1 is 1.35 bits per heavy atom. The largest absolute Gasteiger partial charge is 0.357 e. The highest BCUT2D eigenvalue weighted by molar-refractivity contribution is 7.92. The molecule has 0 spiro atoms. The molecule has 4 rings (SSSR count). The Balaban J connectivity index is 1.45. The number of aliphatic imine (C=N–C) groups is 1. The molecule has 1 heterocycles. The zero-order chi connectivity index (χ0) is 18.5. The average molecular weight is 376 g/mol. The highest BCUT2D eigenvalue weighted by Gasteiger charge is 2.55. The van der Waals surface area contributed by atoms with Gasteiger partial charge >= 0.3 is 0 Å². The highest BCUT2D eigenvalue weighted by atomic mass is 32.2. The van der Waals surface area contributed by atoms with Gasteiger partial charge in [0.25, 0.3) is 0 Å². The fraction of sp³-hybridized carbons (Fsp3) is 0.650. The zero-order valence-corrected chi connectivity index (χ0v) is 16.7. The van der Waals surface area contributed by atoms with Crippen molar-refractivity contribution in [3.05, 3.63) is 35.4 Å². The van der Waals surface area contributed by atoms with Crippen LogP contribution in [-0.2, 0) is 16.3 Å². The van der Waals surface area contributed by atoms with E-state index < -0.39 is 14.6 Å². The number of nitrogens with zero attached hydrogens (tertiary/aromatic N) is 2. The van der Waals surface area contributed by atoms with Crippen molar-refractivity contribution in [1.82, 2.24) is 10.2 Å². The molecule has 1 N–H and O–H groups in total. The number of benzene rings is 1. The number of guanidine groups is 1. The molecular formula is C20H29N3O2S. The van der Waals surface area contributed by atoms with Gasteiger partial charge in [0.1, 0.15) is 0 Å². The quantitative estimate of drug-likeness (QED) is 0.649. The summed E-state index contributed by atoms with van der Waals surface area (Å²) in [6, 6.07) is 8.79. The molecule has 1 saturated heterocycles. The van der Waals surface area contributed by atoms with Gasteiger partial charge in [-0.15, -0.1) is 0 Å². The van der Waals surface area contributed by atoms with Crippen LogP contribution < -0.4 is 5.32 Å². The maximum atomic E-state index is 12.3. The standard InChI is InChI=1S/C20H29N3O2S/c1-4-21-19(23-9-10-26(24,25)20(2,3)13-23)22-12-17-16-11-14-7-5-6-8-15(14)18(16)17/h5-8,16-18H,4,9-13H2,1-3H3,(H,21,22). The first-order valence-electron chi connectivity index (χ1n) is 9.67. The van der Waals surface area contributed by atoms with Gasteiger partial charge in [-0.25, -0.2) is 8.42 Å². The minimum atomic E-state index is -3.03. The van der Waals surface area contributed by atoms with Crippen LogP contribution in [0.1, 0.15) is 37.8 Å². The van der Waals surface area contributed by atoms with Crippen LogP contribution in [0.3, 0.4) is 0 Å². The van der Waals surface area contributed by atoms with Gasteiger partial charge in [0.2, 0.25) is 0 Å². The SMILES string of the molecule is CCNC(=NCC1C2Cc3ccccc3C12)N1CCS(=O)(=O)C(C)(C)C1. The number of fused-ring (bicyclic) bond motifs is 3. The first-order valence-corrected chi connectivity index (χ1v) is 11.3. The molecule has 1 aliphatic heterocycles. The lowest BCUT2D eigenvalue weighted by Gasteiger charge is -2.39.